The Hall–Kier alpha value is -2.33. The molecule has 4 heteroatoms. The molecule has 4 nitrogen and oxygen atoms in total. The summed E-state index contributed by atoms with van der Waals surface area (Å²) in [6.07, 6.45) is 0.306. The number of nitrogens with two attached hydrogens (primary N) is 1. The van der Waals surface area contributed by atoms with Gasteiger partial charge in [0, 0.05) is 12.2 Å². The number of amides is 1. The minimum atomic E-state index is -0.0699. The van der Waals surface area contributed by atoms with E-state index in [2.05, 4.69) is 5.32 Å². The molecule has 0 saturated heterocycles. The van der Waals surface area contributed by atoms with Crippen molar-refractivity contribution in [2.75, 3.05) is 11.9 Å². The van der Waals surface area contributed by atoms with Crippen molar-refractivity contribution in [3.63, 3.8) is 0 Å². The van der Waals surface area contributed by atoms with E-state index < -0.39 is 0 Å². The topological polar surface area (TPSA) is 64.3 Å². The molecule has 2 aromatic carbocycles. The van der Waals surface area contributed by atoms with Crippen molar-refractivity contribution < 1.29 is 9.53 Å². The molecule has 22 heavy (non-hydrogen) atoms. The minimum absolute atomic E-state index is 0.0699. The van der Waals surface area contributed by atoms with Gasteiger partial charge in [-0.1, -0.05) is 24.3 Å². The van der Waals surface area contributed by atoms with Crippen molar-refractivity contribution in [2.24, 2.45) is 5.73 Å². The van der Waals surface area contributed by atoms with Crippen LogP contribution < -0.4 is 15.8 Å². The third-order valence-corrected chi connectivity index (χ3v) is 3.59. The van der Waals surface area contributed by atoms with Crippen LogP contribution in [0, 0.1) is 13.8 Å². The largest absolute Gasteiger partial charge is 0.493 e. The van der Waals surface area contributed by atoms with E-state index in [0.29, 0.717) is 19.6 Å². The smallest absolute Gasteiger partial charge is 0.227 e. The molecule has 0 saturated carbocycles. The summed E-state index contributed by atoms with van der Waals surface area (Å²) in [7, 11) is 0. The average Bonchev–Trinajstić information content (AvgIpc) is 2.51. The number of carbonyl (C=O) groups is 1. The van der Waals surface area contributed by atoms with E-state index in [4.69, 9.17) is 10.5 Å². The van der Waals surface area contributed by atoms with Crippen LogP contribution in [0.15, 0.2) is 42.5 Å². The molecule has 1 amide bonds. The molecule has 0 unspecified atom stereocenters. The second kappa shape index (κ2) is 7.61. The Morgan fingerprint density at radius 3 is 2.73 bits per heavy atom. The summed E-state index contributed by atoms with van der Waals surface area (Å²) in [5.74, 6) is 0.761. The first-order valence-electron chi connectivity index (χ1n) is 7.38. The second-order valence-corrected chi connectivity index (χ2v) is 5.25. The van der Waals surface area contributed by atoms with Gasteiger partial charge in [-0.3, -0.25) is 4.79 Å². The maximum atomic E-state index is 11.9. The van der Waals surface area contributed by atoms with E-state index in [1.807, 2.05) is 56.3 Å². The van der Waals surface area contributed by atoms with E-state index >= 15 is 0 Å². The van der Waals surface area contributed by atoms with Crippen LogP contribution in [0.25, 0.3) is 0 Å². The molecule has 0 aliphatic heterocycles. The predicted molar refractivity (Wildman–Crippen MR) is 89.0 cm³/mol. The SMILES string of the molecule is Cc1cccc(OCCC(=O)Nc2cccc(CN)c2)c1C. The monoisotopic (exact) mass is 298 g/mol. The molecule has 0 atom stereocenters. The van der Waals surface area contributed by atoms with Crippen LogP contribution in [0.1, 0.15) is 23.1 Å². The molecule has 3 N–H and O–H groups in total. The van der Waals surface area contributed by atoms with Gasteiger partial charge in [0.2, 0.25) is 5.91 Å². The van der Waals surface area contributed by atoms with Crippen molar-refractivity contribution in [3.05, 3.63) is 59.2 Å². The van der Waals surface area contributed by atoms with Crippen LogP contribution in [0.3, 0.4) is 0 Å². The molecule has 0 aliphatic carbocycles. The van der Waals surface area contributed by atoms with Crippen molar-refractivity contribution in [2.45, 2.75) is 26.8 Å². The molecule has 0 radical (unpaired) electrons. The van der Waals surface area contributed by atoms with E-state index in [-0.39, 0.29) is 5.91 Å². The summed E-state index contributed by atoms with van der Waals surface area (Å²) >= 11 is 0. The highest BCUT2D eigenvalue weighted by Crippen LogP contribution is 2.20. The van der Waals surface area contributed by atoms with Crippen molar-refractivity contribution in [1.82, 2.24) is 0 Å². The lowest BCUT2D eigenvalue weighted by Gasteiger charge is -2.11. The zero-order valence-corrected chi connectivity index (χ0v) is 13.1. The maximum absolute atomic E-state index is 11.9. The summed E-state index contributed by atoms with van der Waals surface area (Å²) in [4.78, 5) is 11.9. The lowest BCUT2D eigenvalue weighted by Crippen LogP contribution is -2.15. The van der Waals surface area contributed by atoms with Gasteiger partial charge in [-0.05, 0) is 48.7 Å². The number of anilines is 1. The average molecular weight is 298 g/mol. The number of nitrogens with one attached hydrogen (secondary N) is 1. The molecule has 0 heterocycles. The van der Waals surface area contributed by atoms with Gasteiger partial charge in [-0.25, -0.2) is 0 Å². The van der Waals surface area contributed by atoms with Gasteiger partial charge >= 0.3 is 0 Å². The molecular weight excluding hydrogens is 276 g/mol. The predicted octanol–water partition coefficient (Wildman–Crippen LogP) is 3.17. The Morgan fingerprint density at radius 1 is 1.18 bits per heavy atom. The summed E-state index contributed by atoms with van der Waals surface area (Å²) in [5.41, 5.74) is 9.63. The Labute approximate surface area is 131 Å². The van der Waals surface area contributed by atoms with E-state index in [9.17, 15) is 4.79 Å². The minimum Gasteiger partial charge on any atom is -0.493 e. The second-order valence-electron chi connectivity index (χ2n) is 5.25. The molecule has 0 spiro atoms. The molecule has 0 bridgehead atoms. The van der Waals surface area contributed by atoms with Gasteiger partial charge in [0.25, 0.3) is 0 Å². The van der Waals surface area contributed by atoms with Crippen LogP contribution >= 0.6 is 0 Å². The van der Waals surface area contributed by atoms with Gasteiger partial charge in [0.05, 0.1) is 13.0 Å². The fourth-order valence-corrected chi connectivity index (χ4v) is 2.13. The normalized spacial score (nSPS) is 10.3. The highest BCUT2D eigenvalue weighted by Gasteiger charge is 2.05. The molecular formula is C18H22N2O2. The number of hydrogen-bond acceptors (Lipinski definition) is 3. The zero-order valence-electron chi connectivity index (χ0n) is 13.1. The molecule has 0 fully saturated rings. The number of rotatable bonds is 6. The highest BCUT2D eigenvalue weighted by molar-refractivity contribution is 5.90. The first kappa shape index (κ1) is 16.0. The highest BCUT2D eigenvalue weighted by atomic mass is 16.5. The molecule has 2 aromatic rings. The third kappa shape index (κ3) is 4.33. The number of aryl methyl sites for hydroxylation is 1. The molecule has 116 valence electrons. The van der Waals surface area contributed by atoms with Gasteiger partial charge in [-0.2, -0.15) is 0 Å². The summed E-state index contributed by atoms with van der Waals surface area (Å²) in [5, 5.41) is 2.85. The summed E-state index contributed by atoms with van der Waals surface area (Å²) < 4.78 is 5.69. The van der Waals surface area contributed by atoms with Crippen LogP contribution in [0.2, 0.25) is 0 Å². The standard InChI is InChI=1S/C18H22N2O2/c1-13-5-3-8-17(14(13)2)22-10-9-18(21)20-16-7-4-6-15(11-16)12-19/h3-8,11H,9-10,12,19H2,1-2H3,(H,20,21). The van der Waals surface area contributed by atoms with Crippen molar-refractivity contribution >= 4 is 11.6 Å². The van der Waals surface area contributed by atoms with Crippen LogP contribution in [0.4, 0.5) is 5.69 Å². The van der Waals surface area contributed by atoms with Crippen molar-refractivity contribution in [1.29, 1.82) is 0 Å². The van der Waals surface area contributed by atoms with Crippen LogP contribution in [-0.4, -0.2) is 12.5 Å². The Kier molecular flexibility index (Phi) is 5.55. The van der Waals surface area contributed by atoms with Crippen LogP contribution in [-0.2, 0) is 11.3 Å². The molecule has 2 rings (SSSR count). The number of benzene rings is 2. The number of carbonyl (C=O) groups excluding carboxylic acids is 1. The first-order valence-corrected chi connectivity index (χ1v) is 7.38. The number of ether oxygens (including phenoxy) is 1. The van der Waals surface area contributed by atoms with Crippen LogP contribution in [0.5, 0.6) is 5.75 Å². The number of hydrogen-bond donors (Lipinski definition) is 2. The summed E-state index contributed by atoms with van der Waals surface area (Å²) in [6.45, 7) is 4.87. The van der Waals surface area contributed by atoms with E-state index in [0.717, 1.165) is 22.6 Å². The fourth-order valence-electron chi connectivity index (χ4n) is 2.13. The summed E-state index contributed by atoms with van der Waals surface area (Å²) in [6, 6.07) is 13.5. The lowest BCUT2D eigenvalue weighted by molar-refractivity contribution is -0.116. The van der Waals surface area contributed by atoms with Gasteiger partial charge in [0.1, 0.15) is 5.75 Å². The van der Waals surface area contributed by atoms with Gasteiger partial charge < -0.3 is 15.8 Å². The maximum Gasteiger partial charge on any atom is 0.227 e. The first-order chi connectivity index (χ1) is 10.6. The molecule has 0 aromatic heterocycles. The van der Waals surface area contributed by atoms with Gasteiger partial charge in [-0.15, -0.1) is 0 Å². The Morgan fingerprint density at radius 2 is 1.95 bits per heavy atom. The fraction of sp³-hybridized carbons (Fsp3) is 0.278. The molecule has 0 aliphatic rings. The van der Waals surface area contributed by atoms with E-state index in [1.54, 1.807) is 0 Å². The third-order valence-electron chi connectivity index (χ3n) is 3.59. The Balaban J connectivity index is 1.84. The lowest BCUT2D eigenvalue weighted by atomic mass is 10.1. The van der Waals surface area contributed by atoms with Gasteiger partial charge in [0.15, 0.2) is 0 Å². The van der Waals surface area contributed by atoms with E-state index in [1.165, 1.54) is 5.56 Å². The quantitative estimate of drug-likeness (QED) is 0.861. The Bertz CT molecular complexity index is 653. The zero-order chi connectivity index (χ0) is 15.9. The van der Waals surface area contributed by atoms with Crippen molar-refractivity contribution in [3.8, 4) is 5.75 Å².